The van der Waals surface area contributed by atoms with Gasteiger partial charge in [0.25, 0.3) is 0 Å². The summed E-state index contributed by atoms with van der Waals surface area (Å²) in [5.41, 5.74) is 1.83. The molecule has 1 saturated heterocycles. The summed E-state index contributed by atoms with van der Waals surface area (Å²) < 4.78 is 11.0. The van der Waals surface area contributed by atoms with E-state index in [1.54, 1.807) is 13.3 Å². The van der Waals surface area contributed by atoms with E-state index in [-0.39, 0.29) is 29.5 Å². The first-order valence-electron chi connectivity index (χ1n) is 9.35. The fourth-order valence-corrected chi connectivity index (χ4v) is 3.08. The molecule has 0 aliphatic carbocycles. The number of rotatable bonds is 6. The van der Waals surface area contributed by atoms with Gasteiger partial charge >= 0.3 is 0 Å². The Hall–Kier alpha value is -1.65. The van der Waals surface area contributed by atoms with Crippen LogP contribution in [-0.4, -0.2) is 61.3 Å². The van der Waals surface area contributed by atoms with Gasteiger partial charge < -0.3 is 19.8 Å². The Morgan fingerprint density at radius 2 is 1.89 bits per heavy atom. The monoisotopic (exact) mass is 499 g/mol. The molecule has 0 saturated carbocycles. The molecule has 28 heavy (non-hydrogen) atoms. The number of nitrogens with zero attached hydrogens (tertiary/aromatic N) is 3. The van der Waals surface area contributed by atoms with Gasteiger partial charge in [-0.05, 0) is 26.0 Å². The number of aromatic nitrogens is 1. The van der Waals surface area contributed by atoms with Gasteiger partial charge in [0, 0.05) is 37.8 Å². The normalized spacial score (nSPS) is 15.8. The van der Waals surface area contributed by atoms with E-state index in [4.69, 9.17) is 9.15 Å². The molecule has 0 radical (unpaired) electrons. The second kappa shape index (κ2) is 10.8. The number of nitrogens with one attached hydrogen (secondary N) is 2. The van der Waals surface area contributed by atoms with Crippen molar-refractivity contribution in [2.75, 3.05) is 39.9 Å². The lowest BCUT2D eigenvalue weighted by molar-refractivity contribution is -0.00834. The van der Waals surface area contributed by atoms with E-state index in [0.717, 1.165) is 50.1 Å². The first-order chi connectivity index (χ1) is 13.1. The molecule has 0 atom stereocenters. The molecule has 0 unspecified atom stereocenters. The quantitative estimate of drug-likeness (QED) is 0.362. The summed E-state index contributed by atoms with van der Waals surface area (Å²) in [6.07, 6.45) is 1.68. The number of hydrogen-bond donors (Lipinski definition) is 2. The average molecular weight is 499 g/mol. The van der Waals surface area contributed by atoms with E-state index in [0.29, 0.717) is 12.4 Å². The van der Waals surface area contributed by atoms with Crippen LogP contribution in [0.5, 0.6) is 0 Å². The van der Waals surface area contributed by atoms with Crippen molar-refractivity contribution < 1.29 is 9.15 Å². The maximum absolute atomic E-state index is 5.58. The molecule has 2 aromatic rings. The van der Waals surface area contributed by atoms with Crippen LogP contribution in [-0.2, 0) is 11.3 Å². The Morgan fingerprint density at radius 1 is 1.18 bits per heavy atom. The van der Waals surface area contributed by atoms with Crippen LogP contribution >= 0.6 is 24.0 Å². The lowest BCUT2D eigenvalue weighted by Gasteiger charge is -2.41. The van der Waals surface area contributed by atoms with Crippen molar-refractivity contribution in [3.05, 3.63) is 42.3 Å². The topological polar surface area (TPSA) is 74.9 Å². The first-order valence-corrected chi connectivity index (χ1v) is 9.35. The van der Waals surface area contributed by atoms with Gasteiger partial charge in [-0.15, -0.1) is 24.0 Å². The van der Waals surface area contributed by atoms with Crippen molar-refractivity contribution in [1.29, 1.82) is 0 Å². The Morgan fingerprint density at radius 3 is 2.57 bits per heavy atom. The van der Waals surface area contributed by atoms with Gasteiger partial charge in [-0.25, -0.2) is 4.98 Å². The molecule has 1 aromatic carbocycles. The number of morpholine rings is 1. The van der Waals surface area contributed by atoms with E-state index in [9.17, 15) is 0 Å². The van der Waals surface area contributed by atoms with Crippen LogP contribution in [0.2, 0.25) is 0 Å². The molecule has 0 bridgehead atoms. The smallest absolute Gasteiger partial charge is 0.226 e. The third-order valence-corrected chi connectivity index (χ3v) is 4.79. The molecule has 8 heteroatoms. The molecule has 1 fully saturated rings. The number of oxazole rings is 1. The summed E-state index contributed by atoms with van der Waals surface area (Å²) in [6.45, 7) is 9.34. The van der Waals surface area contributed by atoms with Gasteiger partial charge in [-0.3, -0.25) is 9.89 Å². The number of ether oxygens (including phenoxy) is 1. The molecular weight excluding hydrogens is 469 g/mol. The minimum atomic E-state index is 0. The van der Waals surface area contributed by atoms with Crippen molar-refractivity contribution >= 4 is 29.9 Å². The summed E-state index contributed by atoms with van der Waals surface area (Å²) in [6, 6.07) is 9.89. The number of benzene rings is 1. The fourth-order valence-electron chi connectivity index (χ4n) is 3.08. The Bertz CT molecular complexity index is 742. The van der Waals surface area contributed by atoms with Gasteiger partial charge in [0.1, 0.15) is 6.26 Å². The molecule has 1 aliphatic heterocycles. The van der Waals surface area contributed by atoms with Crippen molar-refractivity contribution in [3.8, 4) is 11.5 Å². The maximum Gasteiger partial charge on any atom is 0.226 e. The minimum absolute atomic E-state index is 0. The summed E-state index contributed by atoms with van der Waals surface area (Å²) in [4.78, 5) is 11.3. The third-order valence-electron chi connectivity index (χ3n) is 4.79. The lowest BCUT2D eigenvalue weighted by atomic mass is 10.0. The summed E-state index contributed by atoms with van der Waals surface area (Å²) >= 11 is 0. The maximum atomic E-state index is 5.58. The van der Waals surface area contributed by atoms with E-state index in [1.165, 1.54) is 0 Å². The van der Waals surface area contributed by atoms with Crippen LogP contribution in [0.4, 0.5) is 0 Å². The van der Waals surface area contributed by atoms with Gasteiger partial charge in [-0.1, -0.05) is 18.2 Å². The van der Waals surface area contributed by atoms with E-state index < -0.39 is 0 Å². The Labute approximate surface area is 184 Å². The molecule has 1 aliphatic rings. The fraction of sp³-hybridized carbons (Fsp3) is 0.500. The highest BCUT2D eigenvalue weighted by Crippen LogP contribution is 2.18. The highest BCUT2D eigenvalue weighted by Gasteiger charge is 2.28. The SMILES string of the molecule is CN=C(NCc1coc(-c2ccccc2)n1)NCC(C)(C)N1CCOCC1.I. The number of guanidine groups is 1. The van der Waals surface area contributed by atoms with Crippen LogP contribution in [0, 0.1) is 0 Å². The summed E-state index contributed by atoms with van der Waals surface area (Å²) in [7, 11) is 1.77. The molecule has 2 heterocycles. The zero-order chi connectivity index (χ0) is 19.1. The summed E-state index contributed by atoms with van der Waals surface area (Å²) in [5, 5.41) is 6.71. The van der Waals surface area contributed by atoms with Crippen LogP contribution in [0.1, 0.15) is 19.5 Å². The molecule has 7 nitrogen and oxygen atoms in total. The van der Waals surface area contributed by atoms with Gasteiger partial charge in [-0.2, -0.15) is 0 Å². The van der Waals surface area contributed by atoms with Gasteiger partial charge in [0.05, 0.1) is 25.5 Å². The lowest BCUT2D eigenvalue weighted by Crippen LogP contribution is -2.56. The van der Waals surface area contributed by atoms with Crippen molar-refractivity contribution in [2.45, 2.75) is 25.9 Å². The highest BCUT2D eigenvalue weighted by atomic mass is 127. The predicted octanol–water partition coefficient (Wildman–Crippen LogP) is 2.74. The standard InChI is InChI=1S/C20H29N5O2.HI/c1-20(2,25-9-11-26-12-10-25)15-23-19(21-3)22-13-17-14-27-18(24-17)16-7-5-4-6-8-16;/h4-8,14H,9-13,15H2,1-3H3,(H2,21,22,23);1H. The van der Waals surface area contributed by atoms with E-state index >= 15 is 0 Å². The minimum Gasteiger partial charge on any atom is -0.444 e. The summed E-state index contributed by atoms with van der Waals surface area (Å²) in [5.74, 6) is 1.38. The molecule has 0 amide bonds. The van der Waals surface area contributed by atoms with Crippen molar-refractivity contribution in [3.63, 3.8) is 0 Å². The second-order valence-electron chi connectivity index (χ2n) is 7.20. The molecule has 1 aromatic heterocycles. The molecule has 2 N–H and O–H groups in total. The van der Waals surface area contributed by atoms with E-state index in [2.05, 4.69) is 39.4 Å². The largest absolute Gasteiger partial charge is 0.444 e. The first kappa shape index (κ1) is 22.6. The van der Waals surface area contributed by atoms with Crippen LogP contribution < -0.4 is 10.6 Å². The molecule has 3 rings (SSSR count). The zero-order valence-corrected chi connectivity index (χ0v) is 19.1. The van der Waals surface area contributed by atoms with Crippen LogP contribution in [0.3, 0.4) is 0 Å². The van der Waals surface area contributed by atoms with Gasteiger partial charge in [0.2, 0.25) is 5.89 Å². The molecular formula is C20H30IN5O2. The third kappa shape index (κ3) is 6.18. The van der Waals surface area contributed by atoms with Crippen LogP contribution in [0.15, 0.2) is 46.0 Å². The second-order valence-corrected chi connectivity index (χ2v) is 7.20. The Kier molecular flexibility index (Phi) is 8.71. The highest BCUT2D eigenvalue weighted by molar-refractivity contribution is 14.0. The average Bonchev–Trinajstić information content (AvgIpc) is 3.18. The van der Waals surface area contributed by atoms with Crippen LogP contribution in [0.25, 0.3) is 11.5 Å². The Balaban J connectivity index is 0.00000280. The number of aliphatic imine (C=N–C) groups is 1. The zero-order valence-electron chi connectivity index (χ0n) is 16.8. The number of hydrogen-bond acceptors (Lipinski definition) is 5. The van der Waals surface area contributed by atoms with Crippen molar-refractivity contribution in [1.82, 2.24) is 20.5 Å². The number of halogens is 1. The van der Waals surface area contributed by atoms with Gasteiger partial charge in [0.15, 0.2) is 5.96 Å². The van der Waals surface area contributed by atoms with Crippen molar-refractivity contribution in [2.24, 2.45) is 4.99 Å². The predicted molar refractivity (Wildman–Crippen MR) is 122 cm³/mol. The molecule has 0 spiro atoms. The van der Waals surface area contributed by atoms with E-state index in [1.807, 2.05) is 30.3 Å². The molecule has 154 valence electrons.